The Morgan fingerprint density at radius 1 is 0.357 bits per heavy atom. The molecule has 0 atom stereocenters. The largest absolute Gasteiger partial charge is 0.208 e. The van der Waals surface area contributed by atoms with Gasteiger partial charge in [0.25, 0.3) is 0 Å². The summed E-state index contributed by atoms with van der Waals surface area (Å²) in [5.41, 5.74) is 7.97. The predicted octanol–water partition coefficient (Wildman–Crippen LogP) is 9.23. The van der Waals surface area contributed by atoms with E-state index in [1.807, 2.05) is 84.9 Å². The van der Waals surface area contributed by atoms with Crippen molar-refractivity contribution in [2.75, 3.05) is 0 Å². The van der Waals surface area contributed by atoms with Crippen LogP contribution in [0, 0.1) is 11.3 Å². The number of rotatable bonds is 5. The van der Waals surface area contributed by atoms with Crippen LogP contribution in [0.25, 0.3) is 67.2 Å². The highest BCUT2D eigenvalue weighted by atomic mass is 15.0. The molecule has 0 saturated carbocycles. The smallest absolute Gasteiger partial charge is 0.164 e. The molecule has 0 saturated heterocycles. The molecule has 7 rings (SSSR count). The molecule has 0 bridgehead atoms. The minimum atomic E-state index is 0.635. The molecule has 4 heteroatoms. The maximum absolute atomic E-state index is 9.20. The van der Waals surface area contributed by atoms with Crippen molar-refractivity contribution in [1.82, 2.24) is 15.0 Å². The second kappa shape index (κ2) is 10.9. The number of fused-ring (bicyclic) bond motifs is 1. The van der Waals surface area contributed by atoms with Gasteiger partial charge in [0.15, 0.2) is 17.5 Å². The van der Waals surface area contributed by atoms with Gasteiger partial charge in [-0.1, -0.05) is 133 Å². The van der Waals surface area contributed by atoms with Gasteiger partial charge in [-0.2, -0.15) is 5.26 Å². The highest BCUT2D eigenvalue weighted by Gasteiger charge is 2.13. The van der Waals surface area contributed by atoms with Gasteiger partial charge in [0.2, 0.25) is 0 Å². The van der Waals surface area contributed by atoms with Crippen molar-refractivity contribution in [2.24, 2.45) is 0 Å². The summed E-state index contributed by atoms with van der Waals surface area (Å²) in [5, 5.41) is 11.5. The van der Waals surface area contributed by atoms with Crippen LogP contribution < -0.4 is 0 Å². The molecule has 1 heterocycles. The lowest BCUT2D eigenvalue weighted by molar-refractivity contribution is 1.07. The highest BCUT2D eigenvalue weighted by Crippen LogP contribution is 2.35. The first kappa shape index (κ1) is 25.1. The number of aromatic nitrogens is 3. The normalized spacial score (nSPS) is 10.8. The monoisotopic (exact) mass is 536 g/mol. The van der Waals surface area contributed by atoms with E-state index in [9.17, 15) is 5.26 Å². The second-order valence-corrected chi connectivity index (χ2v) is 10.0. The fourth-order valence-electron chi connectivity index (χ4n) is 5.27. The molecule has 42 heavy (non-hydrogen) atoms. The maximum atomic E-state index is 9.20. The molecule has 1 aromatic heterocycles. The molecular weight excluding hydrogens is 512 g/mol. The molecular formula is C38H24N4. The van der Waals surface area contributed by atoms with Crippen LogP contribution in [0.2, 0.25) is 0 Å². The zero-order valence-corrected chi connectivity index (χ0v) is 22.6. The van der Waals surface area contributed by atoms with E-state index in [2.05, 4.69) is 66.7 Å². The maximum Gasteiger partial charge on any atom is 0.164 e. The highest BCUT2D eigenvalue weighted by molar-refractivity contribution is 6.04. The average Bonchev–Trinajstić information content (AvgIpc) is 3.08. The summed E-state index contributed by atoms with van der Waals surface area (Å²) in [5.74, 6) is 1.93. The van der Waals surface area contributed by atoms with E-state index in [4.69, 9.17) is 15.0 Å². The Labute approximate surface area is 244 Å². The Balaban J connectivity index is 1.29. The second-order valence-electron chi connectivity index (χ2n) is 10.0. The third-order valence-electron chi connectivity index (χ3n) is 7.40. The molecule has 0 spiro atoms. The first-order valence-electron chi connectivity index (χ1n) is 13.8. The van der Waals surface area contributed by atoms with Crippen LogP contribution in [0.5, 0.6) is 0 Å². The van der Waals surface area contributed by atoms with Crippen molar-refractivity contribution in [1.29, 1.82) is 5.26 Å². The fraction of sp³-hybridized carbons (Fsp3) is 0. The quantitative estimate of drug-likeness (QED) is 0.220. The number of nitrogens with zero attached hydrogens (tertiary/aromatic N) is 4. The van der Waals surface area contributed by atoms with Gasteiger partial charge in [-0.15, -0.1) is 0 Å². The average molecular weight is 537 g/mol. The summed E-state index contributed by atoms with van der Waals surface area (Å²) in [6.07, 6.45) is 0. The molecule has 0 N–H and O–H groups in total. The minimum absolute atomic E-state index is 0.635. The first-order valence-corrected chi connectivity index (χ1v) is 13.8. The van der Waals surface area contributed by atoms with Gasteiger partial charge in [-0.25, -0.2) is 15.0 Å². The summed E-state index contributed by atoms with van der Waals surface area (Å²) in [6, 6.07) is 51.2. The van der Waals surface area contributed by atoms with Crippen molar-refractivity contribution in [3.05, 3.63) is 151 Å². The molecule has 0 amide bonds. The number of hydrogen-bond acceptors (Lipinski definition) is 4. The summed E-state index contributed by atoms with van der Waals surface area (Å²) in [7, 11) is 0. The topological polar surface area (TPSA) is 62.5 Å². The van der Waals surface area contributed by atoms with Crippen LogP contribution >= 0.6 is 0 Å². The minimum Gasteiger partial charge on any atom is -0.208 e. The summed E-state index contributed by atoms with van der Waals surface area (Å²) >= 11 is 0. The Morgan fingerprint density at radius 3 is 1.17 bits per heavy atom. The number of nitriles is 1. The van der Waals surface area contributed by atoms with Gasteiger partial charge in [0.1, 0.15) is 0 Å². The zero-order chi connectivity index (χ0) is 28.3. The summed E-state index contributed by atoms with van der Waals surface area (Å²) < 4.78 is 0. The van der Waals surface area contributed by atoms with Gasteiger partial charge in [0.05, 0.1) is 11.6 Å². The van der Waals surface area contributed by atoms with Gasteiger partial charge >= 0.3 is 0 Å². The summed E-state index contributed by atoms with van der Waals surface area (Å²) in [6.45, 7) is 0. The van der Waals surface area contributed by atoms with Crippen LogP contribution in [-0.2, 0) is 0 Å². The molecule has 0 radical (unpaired) electrons. The third-order valence-corrected chi connectivity index (χ3v) is 7.40. The van der Waals surface area contributed by atoms with Gasteiger partial charge in [-0.05, 0) is 45.2 Å². The van der Waals surface area contributed by atoms with Crippen molar-refractivity contribution < 1.29 is 0 Å². The molecule has 0 aliphatic rings. The fourth-order valence-corrected chi connectivity index (χ4v) is 5.27. The SMILES string of the molecule is N#Cc1ccc(-c2cccc3c(-c4ccc(-c5nc(-c6ccccc6)nc(-c6ccccc6)n5)cc4)cccc23)cc1. The Bertz CT molecular complexity index is 2000. The third kappa shape index (κ3) is 4.81. The van der Waals surface area contributed by atoms with E-state index in [0.717, 1.165) is 38.9 Å². The van der Waals surface area contributed by atoms with Crippen molar-refractivity contribution in [3.63, 3.8) is 0 Å². The molecule has 0 fully saturated rings. The van der Waals surface area contributed by atoms with Gasteiger partial charge in [0, 0.05) is 16.7 Å². The van der Waals surface area contributed by atoms with Crippen molar-refractivity contribution in [3.8, 4) is 62.5 Å². The first-order chi connectivity index (χ1) is 20.8. The van der Waals surface area contributed by atoms with E-state index in [-0.39, 0.29) is 0 Å². The molecule has 0 unspecified atom stereocenters. The van der Waals surface area contributed by atoms with E-state index in [1.54, 1.807) is 0 Å². The Kier molecular flexibility index (Phi) is 6.52. The van der Waals surface area contributed by atoms with E-state index in [0.29, 0.717) is 23.0 Å². The molecule has 6 aromatic carbocycles. The van der Waals surface area contributed by atoms with Crippen LogP contribution in [0.1, 0.15) is 5.56 Å². The molecule has 196 valence electrons. The predicted molar refractivity (Wildman–Crippen MR) is 169 cm³/mol. The number of benzene rings is 6. The standard InChI is InChI=1S/C38H24N4/c39-25-26-17-19-27(20-18-26)32-13-7-16-35-33(14-8-15-34(32)35)28-21-23-31(24-22-28)38-41-36(29-9-3-1-4-10-29)40-37(42-38)30-11-5-2-6-12-30/h1-24H. The van der Waals surface area contributed by atoms with Gasteiger partial charge < -0.3 is 0 Å². The molecule has 0 aliphatic carbocycles. The zero-order valence-electron chi connectivity index (χ0n) is 22.6. The van der Waals surface area contributed by atoms with Crippen LogP contribution in [0.3, 0.4) is 0 Å². The van der Waals surface area contributed by atoms with E-state index >= 15 is 0 Å². The lowest BCUT2D eigenvalue weighted by Gasteiger charge is -2.12. The summed E-state index contributed by atoms with van der Waals surface area (Å²) in [4.78, 5) is 14.5. The van der Waals surface area contributed by atoms with Crippen LogP contribution in [-0.4, -0.2) is 15.0 Å². The molecule has 0 aliphatic heterocycles. The molecule has 4 nitrogen and oxygen atoms in total. The van der Waals surface area contributed by atoms with Crippen molar-refractivity contribution in [2.45, 2.75) is 0 Å². The number of hydrogen-bond donors (Lipinski definition) is 0. The van der Waals surface area contributed by atoms with Crippen LogP contribution in [0.15, 0.2) is 146 Å². The Morgan fingerprint density at radius 2 is 0.738 bits per heavy atom. The van der Waals surface area contributed by atoms with Crippen LogP contribution in [0.4, 0.5) is 0 Å². The Hall–Kier alpha value is -5.92. The van der Waals surface area contributed by atoms with Crippen molar-refractivity contribution >= 4 is 10.8 Å². The van der Waals surface area contributed by atoms with Gasteiger partial charge in [-0.3, -0.25) is 0 Å². The lowest BCUT2D eigenvalue weighted by atomic mass is 9.92. The molecule has 7 aromatic rings. The van der Waals surface area contributed by atoms with E-state index < -0.39 is 0 Å². The van der Waals surface area contributed by atoms with E-state index in [1.165, 1.54) is 10.8 Å². The lowest BCUT2D eigenvalue weighted by Crippen LogP contribution is -2.00.